The summed E-state index contributed by atoms with van der Waals surface area (Å²) in [6, 6.07) is 11.6. The van der Waals surface area contributed by atoms with E-state index < -0.39 is 36.2 Å². The maximum atomic E-state index is 12.7. The number of nitrogens with one attached hydrogen (secondary N) is 2. The van der Waals surface area contributed by atoms with Crippen LogP contribution in [0.2, 0.25) is 0 Å². The number of aliphatic hydroxyl groups excluding tert-OH is 1. The Hall–Kier alpha value is -2.87. The van der Waals surface area contributed by atoms with Gasteiger partial charge in [0.15, 0.2) is 0 Å². The normalized spacial score (nSPS) is 12.3. The van der Waals surface area contributed by atoms with Crippen LogP contribution in [0.4, 0.5) is 18.9 Å². The van der Waals surface area contributed by atoms with E-state index in [1.807, 2.05) is 0 Å². The summed E-state index contributed by atoms with van der Waals surface area (Å²) in [5, 5.41) is 13.9. The minimum atomic E-state index is -4.54. The maximum absolute atomic E-state index is 12.7. The van der Waals surface area contributed by atoms with E-state index in [0.29, 0.717) is 0 Å². The Morgan fingerprint density at radius 1 is 1.04 bits per heavy atom. The Kier molecular flexibility index (Phi) is 6.35. The van der Waals surface area contributed by atoms with Crippen LogP contribution in [0.25, 0.3) is 0 Å². The van der Waals surface area contributed by atoms with Crippen LogP contribution in [0.15, 0.2) is 54.6 Å². The molecule has 0 aliphatic heterocycles. The van der Waals surface area contributed by atoms with Gasteiger partial charge in [-0.1, -0.05) is 36.4 Å². The highest BCUT2D eigenvalue weighted by Crippen LogP contribution is 2.30. The topological polar surface area (TPSA) is 78.4 Å². The van der Waals surface area contributed by atoms with Gasteiger partial charge in [-0.25, -0.2) is 0 Å². The van der Waals surface area contributed by atoms with Crippen molar-refractivity contribution in [2.45, 2.75) is 18.6 Å². The quantitative estimate of drug-likeness (QED) is 0.734. The van der Waals surface area contributed by atoms with E-state index in [4.69, 9.17) is 0 Å². The molecular weight excluding hydrogens is 349 g/mol. The number of amides is 2. The van der Waals surface area contributed by atoms with Gasteiger partial charge in [0.25, 0.3) is 0 Å². The van der Waals surface area contributed by atoms with E-state index in [0.717, 1.165) is 23.8 Å². The first-order valence-electron chi connectivity index (χ1n) is 7.72. The zero-order valence-corrected chi connectivity index (χ0v) is 13.6. The number of aliphatic hydroxyl groups is 1. The number of hydrogen-bond donors (Lipinski definition) is 3. The lowest BCUT2D eigenvalue weighted by molar-refractivity contribution is -0.137. The summed E-state index contributed by atoms with van der Waals surface area (Å²) in [5.41, 5.74) is -0.274. The molecule has 0 aliphatic rings. The van der Waals surface area contributed by atoms with Crippen molar-refractivity contribution in [2.24, 2.45) is 0 Å². The van der Waals surface area contributed by atoms with Crippen molar-refractivity contribution in [1.29, 1.82) is 0 Å². The highest BCUT2D eigenvalue weighted by atomic mass is 19.4. The summed E-state index contributed by atoms with van der Waals surface area (Å²) in [6.45, 7) is -0.689. The second-order valence-electron chi connectivity index (χ2n) is 5.53. The highest BCUT2D eigenvalue weighted by Gasteiger charge is 2.30. The molecule has 26 heavy (non-hydrogen) atoms. The molecule has 0 saturated carbocycles. The number of benzene rings is 2. The predicted molar refractivity (Wildman–Crippen MR) is 89.2 cm³/mol. The van der Waals surface area contributed by atoms with Gasteiger partial charge in [-0.05, 0) is 23.8 Å². The molecule has 0 radical (unpaired) electrons. The Balaban J connectivity index is 1.99. The third-order valence-electron chi connectivity index (χ3n) is 3.50. The van der Waals surface area contributed by atoms with Crippen LogP contribution in [0.5, 0.6) is 0 Å². The van der Waals surface area contributed by atoms with Gasteiger partial charge in [0.1, 0.15) is 6.04 Å². The number of rotatable bonds is 6. The van der Waals surface area contributed by atoms with Gasteiger partial charge < -0.3 is 15.7 Å². The standard InChI is InChI=1S/C18H17F3N2O3/c19-18(20,21)13-7-4-8-14(10-13)22-17(26)15(11-24)23-16(25)9-12-5-2-1-3-6-12/h1-8,10,15,24H,9,11H2,(H,22,26)(H,23,25). The molecule has 0 heterocycles. The zero-order valence-electron chi connectivity index (χ0n) is 13.6. The smallest absolute Gasteiger partial charge is 0.394 e. The number of carbonyl (C=O) groups is 2. The number of carbonyl (C=O) groups excluding carboxylic acids is 2. The minimum absolute atomic E-state index is 0.00811. The molecule has 0 spiro atoms. The molecule has 1 unspecified atom stereocenters. The van der Waals surface area contributed by atoms with Crippen LogP contribution >= 0.6 is 0 Å². The molecule has 3 N–H and O–H groups in total. The van der Waals surface area contributed by atoms with Crippen LogP contribution in [-0.4, -0.2) is 29.6 Å². The van der Waals surface area contributed by atoms with Crippen LogP contribution in [0.3, 0.4) is 0 Å². The third-order valence-corrected chi connectivity index (χ3v) is 3.50. The zero-order chi connectivity index (χ0) is 19.2. The largest absolute Gasteiger partial charge is 0.416 e. The molecule has 2 amide bonds. The highest BCUT2D eigenvalue weighted by molar-refractivity contribution is 5.97. The summed E-state index contributed by atoms with van der Waals surface area (Å²) in [4.78, 5) is 24.1. The van der Waals surface area contributed by atoms with E-state index in [1.165, 1.54) is 6.07 Å². The van der Waals surface area contributed by atoms with Crippen LogP contribution in [0, 0.1) is 0 Å². The van der Waals surface area contributed by atoms with Gasteiger partial charge in [0.05, 0.1) is 18.6 Å². The molecule has 0 aliphatic carbocycles. The first kappa shape index (κ1) is 19.5. The van der Waals surface area contributed by atoms with Crippen LogP contribution < -0.4 is 10.6 Å². The predicted octanol–water partition coefficient (Wildman–Crippen LogP) is 2.36. The van der Waals surface area contributed by atoms with Crippen molar-refractivity contribution in [1.82, 2.24) is 5.32 Å². The summed E-state index contributed by atoms with van der Waals surface area (Å²) in [7, 11) is 0. The molecule has 8 heteroatoms. The molecule has 0 saturated heterocycles. The van der Waals surface area contributed by atoms with E-state index in [2.05, 4.69) is 10.6 Å². The van der Waals surface area contributed by atoms with Crippen molar-refractivity contribution in [3.05, 3.63) is 65.7 Å². The fourth-order valence-electron chi connectivity index (χ4n) is 2.22. The lowest BCUT2D eigenvalue weighted by atomic mass is 10.1. The van der Waals surface area contributed by atoms with Gasteiger partial charge in [-0.3, -0.25) is 9.59 Å². The lowest BCUT2D eigenvalue weighted by Crippen LogP contribution is -2.46. The molecule has 0 fully saturated rings. The van der Waals surface area contributed by atoms with Gasteiger partial charge in [-0.15, -0.1) is 0 Å². The first-order chi connectivity index (χ1) is 12.3. The van der Waals surface area contributed by atoms with Gasteiger partial charge in [-0.2, -0.15) is 13.2 Å². The fourth-order valence-corrected chi connectivity index (χ4v) is 2.22. The number of hydrogen-bond acceptors (Lipinski definition) is 3. The van der Waals surface area contributed by atoms with Gasteiger partial charge in [0.2, 0.25) is 11.8 Å². The number of anilines is 1. The van der Waals surface area contributed by atoms with Crippen molar-refractivity contribution in [2.75, 3.05) is 11.9 Å². The van der Waals surface area contributed by atoms with E-state index in [-0.39, 0.29) is 12.1 Å². The summed E-state index contributed by atoms with van der Waals surface area (Å²) in [5.74, 6) is -1.30. The molecular formula is C18H17F3N2O3. The van der Waals surface area contributed by atoms with Crippen LogP contribution in [0.1, 0.15) is 11.1 Å². The van der Waals surface area contributed by atoms with Gasteiger partial charge >= 0.3 is 6.18 Å². The molecule has 1 atom stereocenters. The SMILES string of the molecule is O=C(Cc1ccccc1)NC(CO)C(=O)Nc1cccc(C(F)(F)F)c1. The van der Waals surface area contributed by atoms with Crippen molar-refractivity contribution in [3.63, 3.8) is 0 Å². The second kappa shape index (κ2) is 8.48. The first-order valence-corrected chi connectivity index (χ1v) is 7.72. The maximum Gasteiger partial charge on any atom is 0.416 e. The van der Waals surface area contributed by atoms with Crippen molar-refractivity contribution >= 4 is 17.5 Å². The molecule has 2 rings (SSSR count). The monoisotopic (exact) mass is 366 g/mol. The van der Waals surface area contributed by atoms with Crippen molar-refractivity contribution in [3.8, 4) is 0 Å². The number of halogens is 3. The Labute approximate surface area is 147 Å². The average molecular weight is 366 g/mol. The summed E-state index contributed by atoms with van der Waals surface area (Å²) >= 11 is 0. The molecule has 2 aromatic rings. The average Bonchev–Trinajstić information content (AvgIpc) is 2.60. The third kappa shape index (κ3) is 5.59. The lowest BCUT2D eigenvalue weighted by Gasteiger charge is -2.17. The van der Waals surface area contributed by atoms with E-state index >= 15 is 0 Å². The second-order valence-corrected chi connectivity index (χ2v) is 5.53. The Morgan fingerprint density at radius 3 is 2.35 bits per heavy atom. The molecule has 138 valence electrons. The fraction of sp³-hybridized carbons (Fsp3) is 0.222. The van der Waals surface area contributed by atoms with E-state index in [9.17, 15) is 27.9 Å². The molecule has 5 nitrogen and oxygen atoms in total. The molecule has 2 aromatic carbocycles. The minimum Gasteiger partial charge on any atom is -0.394 e. The molecule has 0 bridgehead atoms. The Morgan fingerprint density at radius 2 is 1.73 bits per heavy atom. The van der Waals surface area contributed by atoms with Gasteiger partial charge in [0, 0.05) is 5.69 Å². The van der Waals surface area contributed by atoms with Crippen LogP contribution in [-0.2, 0) is 22.2 Å². The molecule has 0 aromatic heterocycles. The number of alkyl halides is 3. The van der Waals surface area contributed by atoms with Crippen molar-refractivity contribution < 1.29 is 27.9 Å². The summed E-state index contributed by atoms with van der Waals surface area (Å²) in [6.07, 6.45) is -4.53. The van der Waals surface area contributed by atoms with E-state index in [1.54, 1.807) is 30.3 Å². The Bertz CT molecular complexity index is 764. The summed E-state index contributed by atoms with van der Waals surface area (Å²) < 4.78 is 38.1.